The van der Waals surface area contributed by atoms with Gasteiger partial charge in [0, 0.05) is 44.5 Å². The van der Waals surface area contributed by atoms with Crippen molar-refractivity contribution in [3.05, 3.63) is 30.1 Å². The van der Waals surface area contributed by atoms with Crippen molar-refractivity contribution >= 4 is 12.0 Å². The first kappa shape index (κ1) is 15.3. The number of amides is 2. The molecule has 1 N–H and O–H groups in total. The lowest BCUT2D eigenvalue weighted by molar-refractivity contribution is -0.144. The zero-order valence-electron chi connectivity index (χ0n) is 12.4. The van der Waals surface area contributed by atoms with Gasteiger partial charge in [-0.1, -0.05) is 6.92 Å². The molecule has 2 amide bonds. The number of likely N-dealkylation sites (tertiary alicyclic amines) is 1. The van der Waals surface area contributed by atoms with E-state index in [4.69, 9.17) is 5.11 Å². The predicted octanol–water partition coefficient (Wildman–Crippen LogP) is 1.68. The first-order valence-electron chi connectivity index (χ1n) is 7.18. The second-order valence-electron chi connectivity index (χ2n) is 5.44. The SMILES string of the molecule is CCN(Cc1ccncc1)C(=O)N1CC(C(C)C(=O)O)C1. The average Bonchev–Trinajstić information content (AvgIpc) is 2.43. The molecule has 1 unspecified atom stereocenters. The highest BCUT2D eigenvalue weighted by Gasteiger charge is 2.38. The fourth-order valence-corrected chi connectivity index (χ4v) is 2.41. The lowest BCUT2D eigenvalue weighted by atomic mass is 9.87. The highest BCUT2D eigenvalue weighted by molar-refractivity contribution is 5.76. The Labute approximate surface area is 124 Å². The molecule has 6 nitrogen and oxygen atoms in total. The Morgan fingerprint density at radius 1 is 1.43 bits per heavy atom. The molecule has 0 bridgehead atoms. The monoisotopic (exact) mass is 291 g/mol. The van der Waals surface area contributed by atoms with Gasteiger partial charge in [-0.05, 0) is 24.6 Å². The number of carbonyl (C=O) groups excluding carboxylic acids is 1. The molecule has 2 rings (SSSR count). The molecule has 1 atom stereocenters. The molecular weight excluding hydrogens is 270 g/mol. The lowest BCUT2D eigenvalue weighted by Gasteiger charge is -2.43. The standard InChI is InChI=1S/C15H21N3O3/c1-3-17(8-12-4-6-16-7-5-12)15(21)18-9-13(10-18)11(2)14(19)20/h4-7,11,13H,3,8-10H2,1-2H3,(H,19,20). The number of carbonyl (C=O) groups is 2. The molecule has 0 radical (unpaired) electrons. The number of carboxylic acid groups (broad SMARTS) is 1. The number of aromatic nitrogens is 1. The van der Waals surface area contributed by atoms with E-state index < -0.39 is 11.9 Å². The maximum absolute atomic E-state index is 12.4. The van der Waals surface area contributed by atoms with E-state index in [2.05, 4.69) is 4.98 Å². The molecule has 114 valence electrons. The molecule has 1 aliphatic rings. The second-order valence-corrected chi connectivity index (χ2v) is 5.44. The van der Waals surface area contributed by atoms with Crippen molar-refractivity contribution in [1.29, 1.82) is 0 Å². The maximum atomic E-state index is 12.4. The number of hydrogen-bond donors (Lipinski definition) is 1. The molecule has 0 spiro atoms. The van der Waals surface area contributed by atoms with Gasteiger partial charge in [0.25, 0.3) is 0 Å². The Hall–Kier alpha value is -2.11. The third kappa shape index (κ3) is 3.51. The van der Waals surface area contributed by atoms with Crippen molar-refractivity contribution in [3.8, 4) is 0 Å². The van der Waals surface area contributed by atoms with Crippen molar-refractivity contribution in [2.45, 2.75) is 20.4 Å². The molecule has 1 fully saturated rings. The summed E-state index contributed by atoms with van der Waals surface area (Å²) in [6.07, 6.45) is 3.42. The van der Waals surface area contributed by atoms with Gasteiger partial charge < -0.3 is 14.9 Å². The summed E-state index contributed by atoms with van der Waals surface area (Å²) in [5, 5.41) is 8.97. The number of aliphatic carboxylic acids is 1. The molecule has 6 heteroatoms. The van der Waals surface area contributed by atoms with Gasteiger partial charge in [0.05, 0.1) is 5.92 Å². The van der Waals surface area contributed by atoms with E-state index in [1.807, 2.05) is 19.1 Å². The molecule has 1 aliphatic heterocycles. The van der Waals surface area contributed by atoms with E-state index in [0.717, 1.165) is 5.56 Å². The number of hydrogen-bond acceptors (Lipinski definition) is 3. The minimum atomic E-state index is -0.795. The number of carboxylic acids is 1. The van der Waals surface area contributed by atoms with Crippen LogP contribution in [0.5, 0.6) is 0 Å². The summed E-state index contributed by atoms with van der Waals surface area (Å²) in [5.41, 5.74) is 1.04. The zero-order valence-corrected chi connectivity index (χ0v) is 12.4. The van der Waals surface area contributed by atoms with Crippen LogP contribution in [0.15, 0.2) is 24.5 Å². The van der Waals surface area contributed by atoms with Gasteiger partial charge in [0.15, 0.2) is 0 Å². The summed E-state index contributed by atoms with van der Waals surface area (Å²) in [5.74, 6) is -1.13. The van der Waals surface area contributed by atoms with Crippen LogP contribution in [-0.2, 0) is 11.3 Å². The Morgan fingerprint density at radius 3 is 2.57 bits per heavy atom. The van der Waals surface area contributed by atoms with Gasteiger partial charge in [-0.3, -0.25) is 9.78 Å². The van der Waals surface area contributed by atoms with Crippen LogP contribution in [0, 0.1) is 11.8 Å². The largest absolute Gasteiger partial charge is 0.481 e. The van der Waals surface area contributed by atoms with Crippen LogP contribution in [0.1, 0.15) is 19.4 Å². The van der Waals surface area contributed by atoms with Gasteiger partial charge >= 0.3 is 12.0 Å². The van der Waals surface area contributed by atoms with Crippen LogP contribution in [0.3, 0.4) is 0 Å². The summed E-state index contributed by atoms with van der Waals surface area (Å²) in [6, 6.07) is 3.76. The van der Waals surface area contributed by atoms with E-state index >= 15 is 0 Å². The van der Waals surface area contributed by atoms with Gasteiger partial charge in [-0.2, -0.15) is 0 Å². The van der Waals surface area contributed by atoms with Crippen LogP contribution < -0.4 is 0 Å². The minimum Gasteiger partial charge on any atom is -0.481 e. The van der Waals surface area contributed by atoms with Crippen LogP contribution in [0.2, 0.25) is 0 Å². The highest BCUT2D eigenvalue weighted by atomic mass is 16.4. The predicted molar refractivity (Wildman–Crippen MR) is 77.6 cm³/mol. The Balaban J connectivity index is 1.89. The Morgan fingerprint density at radius 2 is 2.05 bits per heavy atom. The van der Waals surface area contributed by atoms with Crippen LogP contribution in [-0.4, -0.2) is 51.5 Å². The number of nitrogens with zero attached hydrogens (tertiary/aromatic N) is 3. The van der Waals surface area contributed by atoms with Gasteiger partial charge in [-0.15, -0.1) is 0 Å². The van der Waals surface area contributed by atoms with Gasteiger partial charge in [-0.25, -0.2) is 4.79 Å². The van der Waals surface area contributed by atoms with Crippen molar-refractivity contribution in [2.75, 3.05) is 19.6 Å². The smallest absolute Gasteiger partial charge is 0.320 e. The molecule has 0 aromatic carbocycles. The quantitative estimate of drug-likeness (QED) is 0.895. The number of rotatable bonds is 5. The van der Waals surface area contributed by atoms with E-state index in [0.29, 0.717) is 26.2 Å². The third-order valence-corrected chi connectivity index (χ3v) is 4.05. The van der Waals surface area contributed by atoms with E-state index in [9.17, 15) is 9.59 Å². The van der Waals surface area contributed by atoms with Crippen molar-refractivity contribution < 1.29 is 14.7 Å². The van der Waals surface area contributed by atoms with Crippen molar-refractivity contribution in [1.82, 2.24) is 14.8 Å². The summed E-state index contributed by atoms with van der Waals surface area (Å²) in [6.45, 7) is 5.86. The molecule has 2 heterocycles. The molecule has 1 aromatic heterocycles. The fraction of sp³-hybridized carbons (Fsp3) is 0.533. The summed E-state index contributed by atoms with van der Waals surface area (Å²) >= 11 is 0. The molecule has 1 aromatic rings. The van der Waals surface area contributed by atoms with E-state index in [1.165, 1.54) is 0 Å². The summed E-state index contributed by atoms with van der Waals surface area (Å²) in [7, 11) is 0. The van der Waals surface area contributed by atoms with E-state index in [1.54, 1.807) is 29.1 Å². The second kappa shape index (κ2) is 6.56. The topological polar surface area (TPSA) is 73.7 Å². The van der Waals surface area contributed by atoms with Crippen molar-refractivity contribution in [2.24, 2.45) is 11.8 Å². The third-order valence-electron chi connectivity index (χ3n) is 4.05. The van der Waals surface area contributed by atoms with Gasteiger partial charge in [0.2, 0.25) is 0 Å². The molecule has 21 heavy (non-hydrogen) atoms. The summed E-state index contributed by atoms with van der Waals surface area (Å²) in [4.78, 5) is 30.7. The first-order valence-corrected chi connectivity index (χ1v) is 7.18. The number of pyridine rings is 1. The number of urea groups is 1. The summed E-state index contributed by atoms with van der Waals surface area (Å²) < 4.78 is 0. The highest BCUT2D eigenvalue weighted by Crippen LogP contribution is 2.25. The Kier molecular flexibility index (Phi) is 4.77. The van der Waals surface area contributed by atoms with Crippen LogP contribution >= 0.6 is 0 Å². The first-order chi connectivity index (χ1) is 10.0. The zero-order chi connectivity index (χ0) is 15.4. The van der Waals surface area contributed by atoms with Crippen LogP contribution in [0.25, 0.3) is 0 Å². The van der Waals surface area contributed by atoms with Crippen molar-refractivity contribution in [3.63, 3.8) is 0 Å². The average molecular weight is 291 g/mol. The fourth-order valence-electron chi connectivity index (χ4n) is 2.41. The molecular formula is C15H21N3O3. The van der Waals surface area contributed by atoms with Gasteiger partial charge in [0.1, 0.15) is 0 Å². The minimum absolute atomic E-state index is 0.0249. The maximum Gasteiger partial charge on any atom is 0.320 e. The Bertz CT molecular complexity index is 500. The van der Waals surface area contributed by atoms with Crippen LogP contribution in [0.4, 0.5) is 4.79 Å². The molecule has 0 aliphatic carbocycles. The lowest BCUT2D eigenvalue weighted by Crippen LogP contribution is -2.57. The molecule has 0 saturated carbocycles. The molecule has 1 saturated heterocycles. The normalized spacial score (nSPS) is 16.2. The van der Waals surface area contributed by atoms with E-state index in [-0.39, 0.29) is 11.9 Å².